The van der Waals surface area contributed by atoms with E-state index >= 15 is 0 Å². The normalized spacial score (nSPS) is 13.3. The van der Waals surface area contributed by atoms with Crippen LogP contribution in [-0.4, -0.2) is 27.7 Å². The van der Waals surface area contributed by atoms with Crippen LogP contribution in [0, 0.1) is 20.2 Å². The van der Waals surface area contributed by atoms with Crippen LogP contribution in [-0.2, 0) is 9.59 Å². The molecule has 0 unspecified atom stereocenters. The molecule has 5 rings (SSSR count). The van der Waals surface area contributed by atoms with Crippen LogP contribution in [0.5, 0.6) is 11.5 Å². The first-order valence-corrected chi connectivity index (χ1v) is 12.9. The van der Waals surface area contributed by atoms with Crippen molar-refractivity contribution < 1.29 is 29.0 Å². The summed E-state index contributed by atoms with van der Waals surface area (Å²) in [4.78, 5) is 63.9. The number of nitro groups is 2. The summed E-state index contributed by atoms with van der Waals surface area (Å²) in [5, 5.41) is 22.8. The summed E-state index contributed by atoms with van der Waals surface area (Å²) in [6.07, 6.45) is 1.22. The molecule has 0 N–H and O–H groups in total. The molecule has 42 heavy (non-hydrogen) atoms. The summed E-state index contributed by atoms with van der Waals surface area (Å²) in [7, 11) is 0. The van der Waals surface area contributed by atoms with Gasteiger partial charge in [0.15, 0.2) is 0 Å². The molecule has 0 radical (unpaired) electrons. The zero-order valence-electron chi connectivity index (χ0n) is 21.2. The van der Waals surface area contributed by atoms with E-state index in [0.717, 1.165) is 28.0 Å². The number of anilines is 2. The Hall–Kier alpha value is -5.69. The maximum atomic E-state index is 13.7. The molecule has 1 heterocycles. The van der Waals surface area contributed by atoms with E-state index in [1.807, 2.05) is 0 Å². The molecule has 0 atom stereocenters. The summed E-state index contributed by atoms with van der Waals surface area (Å²) in [5.41, 5.74) is -0.922. The number of nitrogens with zero attached hydrogens (tertiary/aromatic N) is 4. The van der Waals surface area contributed by atoms with Crippen molar-refractivity contribution in [1.29, 1.82) is 0 Å². The molecule has 1 aliphatic heterocycles. The van der Waals surface area contributed by atoms with Crippen LogP contribution in [0.2, 0.25) is 0 Å². The first-order chi connectivity index (χ1) is 20.2. The number of rotatable bonds is 7. The number of carbonyl (C=O) groups excluding carboxylic acids is 3. The smallest absolute Gasteiger partial charge is 0.343 e. The Balaban J connectivity index is 1.64. The third kappa shape index (κ3) is 5.36. The molecule has 0 bridgehead atoms. The Labute approximate surface area is 245 Å². The van der Waals surface area contributed by atoms with E-state index in [1.165, 1.54) is 18.2 Å². The molecule has 13 heteroatoms. The zero-order chi connectivity index (χ0) is 30.0. The number of urea groups is 1. The molecule has 0 aliphatic carbocycles. The quantitative estimate of drug-likeness (QED) is 0.0954. The highest BCUT2D eigenvalue weighted by Crippen LogP contribution is 2.38. The van der Waals surface area contributed by atoms with Gasteiger partial charge < -0.3 is 4.74 Å². The molecule has 0 aromatic heterocycles. The molecular formula is C29H17BrN4O8. The number of carbonyl (C=O) groups is 3. The van der Waals surface area contributed by atoms with E-state index in [-0.39, 0.29) is 34.0 Å². The Morgan fingerprint density at radius 2 is 1.24 bits per heavy atom. The fraction of sp³-hybridized carbons (Fsp3) is 0. The van der Waals surface area contributed by atoms with Gasteiger partial charge in [0.2, 0.25) is 5.75 Å². The predicted molar refractivity (Wildman–Crippen MR) is 155 cm³/mol. The number of para-hydroxylation sites is 2. The highest BCUT2D eigenvalue weighted by Gasteiger charge is 2.43. The van der Waals surface area contributed by atoms with E-state index < -0.39 is 39.1 Å². The lowest BCUT2D eigenvalue weighted by Crippen LogP contribution is -2.57. The van der Waals surface area contributed by atoms with Crippen LogP contribution < -0.4 is 14.5 Å². The second kappa shape index (κ2) is 11.4. The molecule has 4 aromatic rings. The summed E-state index contributed by atoms with van der Waals surface area (Å²) < 4.78 is 6.32. The van der Waals surface area contributed by atoms with Crippen molar-refractivity contribution >= 4 is 62.6 Å². The molecule has 4 aromatic carbocycles. The summed E-state index contributed by atoms with van der Waals surface area (Å²) in [5.74, 6) is -2.09. The van der Waals surface area contributed by atoms with Crippen LogP contribution >= 0.6 is 15.9 Å². The molecular weight excluding hydrogens is 612 g/mol. The average molecular weight is 629 g/mol. The molecule has 0 spiro atoms. The van der Waals surface area contributed by atoms with Gasteiger partial charge in [0, 0.05) is 16.1 Å². The maximum absolute atomic E-state index is 13.7. The van der Waals surface area contributed by atoms with Gasteiger partial charge in [-0.05, 0) is 54.6 Å². The van der Waals surface area contributed by atoms with Crippen molar-refractivity contribution in [1.82, 2.24) is 0 Å². The Bertz CT molecular complexity index is 1730. The van der Waals surface area contributed by atoms with Gasteiger partial charge in [0.05, 0.1) is 27.3 Å². The molecule has 1 saturated heterocycles. The minimum Gasteiger partial charge on any atom is -0.449 e. The predicted octanol–water partition coefficient (Wildman–Crippen LogP) is 6.64. The van der Waals surface area contributed by atoms with Crippen molar-refractivity contribution in [3.05, 3.63) is 133 Å². The van der Waals surface area contributed by atoms with Crippen molar-refractivity contribution in [2.24, 2.45) is 0 Å². The summed E-state index contributed by atoms with van der Waals surface area (Å²) in [6.45, 7) is 0. The number of amides is 4. The van der Waals surface area contributed by atoms with Gasteiger partial charge in [-0.15, -0.1) is 0 Å². The van der Waals surface area contributed by atoms with Crippen LogP contribution in [0.25, 0.3) is 6.08 Å². The zero-order valence-corrected chi connectivity index (χ0v) is 22.8. The molecule has 12 nitrogen and oxygen atoms in total. The lowest BCUT2D eigenvalue weighted by Gasteiger charge is -2.34. The lowest BCUT2D eigenvalue weighted by molar-refractivity contribution is -0.394. The molecule has 1 fully saturated rings. The number of ether oxygens (including phenoxy) is 1. The van der Waals surface area contributed by atoms with E-state index in [2.05, 4.69) is 15.9 Å². The van der Waals surface area contributed by atoms with Gasteiger partial charge in [-0.1, -0.05) is 52.3 Å². The first-order valence-electron chi connectivity index (χ1n) is 12.1. The van der Waals surface area contributed by atoms with Crippen molar-refractivity contribution in [3.63, 3.8) is 0 Å². The van der Waals surface area contributed by atoms with Gasteiger partial charge >= 0.3 is 11.7 Å². The highest BCUT2D eigenvalue weighted by molar-refractivity contribution is 9.10. The van der Waals surface area contributed by atoms with Crippen molar-refractivity contribution in [2.75, 3.05) is 9.80 Å². The third-order valence-corrected chi connectivity index (χ3v) is 6.61. The number of imide groups is 2. The fourth-order valence-electron chi connectivity index (χ4n) is 4.19. The maximum Gasteiger partial charge on any atom is 0.343 e. The van der Waals surface area contributed by atoms with Crippen LogP contribution in [0.4, 0.5) is 27.5 Å². The Kier molecular flexibility index (Phi) is 7.58. The molecule has 0 saturated carbocycles. The van der Waals surface area contributed by atoms with Gasteiger partial charge in [0.25, 0.3) is 17.5 Å². The van der Waals surface area contributed by atoms with Crippen molar-refractivity contribution in [2.45, 2.75) is 0 Å². The number of nitro benzene ring substituents is 2. The van der Waals surface area contributed by atoms with Crippen LogP contribution in [0.3, 0.4) is 0 Å². The van der Waals surface area contributed by atoms with E-state index in [0.29, 0.717) is 4.47 Å². The first kappa shape index (κ1) is 27.9. The van der Waals surface area contributed by atoms with E-state index in [1.54, 1.807) is 66.7 Å². The second-order valence-electron chi connectivity index (χ2n) is 8.74. The third-order valence-electron chi connectivity index (χ3n) is 6.12. The minimum atomic E-state index is -0.893. The van der Waals surface area contributed by atoms with E-state index in [9.17, 15) is 34.6 Å². The highest BCUT2D eigenvalue weighted by atomic mass is 79.9. The monoisotopic (exact) mass is 628 g/mol. The Morgan fingerprint density at radius 3 is 1.76 bits per heavy atom. The topological polar surface area (TPSA) is 153 Å². The second-order valence-corrected chi connectivity index (χ2v) is 9.66. The number of barbiturate groups is 1. The fourth-order valence-corrected chi connectivity index (χ4v) is 4.57. The molecule has 1 aliphatic rings. The SMILES string of the molecule is O=C1C(=Cc2cc(Br)ccc2Oc2ccc([N+](=O)[O-])cc2[N+](=O)[O-])C(=O)N(c2ccccc2)C(=O)N1c1ccccc1. The number of benzene rings is 4. The number of hydrogen-bond donors (Lipinski definition) is 0. The minimum absolute atomic E-state index is 0.00215. The van der Waals surface area contributed by atoms with Crippen molar-refractivity contribution in [3.8, 4) is 11.5 Å². The summed E-state index contributed by atoms with van der Waals surface area (Å²) in [6, 6.07) is 22.7. The summed E-state index contributed by atoms with van der Waals surface area (Å²) >= 11 is 3.33. The molecule has 4 amide bonds. The van der Waals surface area contributed by atoms with Crippen LogP contribution in [0.15, 0.2) is 107 Å². The average Bonchev–Trinajstić information content (AvgIpc) is 2.97. The number of halogens is 1. The van der Waals surface area contributed by atoms with E-state index in [4.69, 9.17) is 4.74 Å². The molecule has 208 valence electrons. The largest absolute Gasteiger partial charge is 0.449 e. The van der Waals surface area contributed by atoms with Crippen LogP contribution in [0.1, 0.15) is 5.56 Å². The lowest BCUT2D eigenvalue weighted by atomic mass is 10.0. The van der Waals surface area contributed by atoms with Gasteiger partial charge in [-0.25, -0.2) is 14.6 Å². The number of hydrogen-bond acceptors (Lipinski definition) is 8. The van der Waals surface area contributed by atoms with Gasteiger partial charge in [0.1, 0.15) is 11.3 Å². The van der Waals surface area contributed by atoms with Gasteiger partial charge in [-0.2, -0.15) is 0 Å². The number of non-ortho nitro benzene ring substituents is 1. The van der Waals surface area contributed by atoms with Gasteiger partial charge in [-0.3, -0.25) is 29.8 Å². The Morgan fingerprint density at radius 1 is 0.690 bits per heavy atom. The standard InChI is InChI=1S/C29H17BrN4O8/c30-19-11-13-25(42-26-14-12-22(33(38)39)17-24(26)34(40)41)18(15-19)16-23-27(35)31(20-7-3-1-4-8-20)29(37)32(28(23)36)21-9-5-2-6-10-21/h1-17H.